The predicted molar refractivity (Wildman–Crippen MR) is 64.9 cm³/mol. The Morgan fingerprint density at radius 2 is 2.19 bits per heavy atom. The highest BCUT2D eigenvalue weighted by molar-refractivity contribution is 5.58. The Labute approximate surface area is 96.8 Å². The maximum absolute atomic E-state index is 10.4. The van der Waals surface area contributed by atoms with Gasteiger partial charge in [0.15, 0.2) is 0 Å². The van der Waals surface area contributed by atoms with Gasteiger partial charge in [0.25, 0.3) is 0 Å². The Morgan fingerprint density at radius 1 is 1.50 bits per heavy atom. The van der Waals surface area contributed by atoms with Crippen molar-refractivity contribution in [3.8, 4) is 0 Å². The largest absolute Gasteiger partial charge is 0.390 e. The molecule has 0 bridgehead atoms. The van der Waals surface area contributed by atoms with Crippen LogP contribution in [0.3, 0.4) is 0 Å². The van der Waals surface area contributed by atoms with Crippen molar-refractivity contribution < 1.29 is 5.11 Å². The first kappa shape index (κ1) is 11.4. The molecule has 1 heterocycles. The van der Waals surface area contributed by atoms with E-state index in [9.17, 15) is 5.11 Å². The van der Waals surface area contributed by atoms with Crippen molar-refractivity contribution in [1.82, 2.24) is 9.55 Å². The summed E-state index contributed by atoms with van der Waals surface area (Å²) in [5, 5.41) is 10.4. The normalized spacial score (nSPS) is 19.6. The fraction of sp³-hybridized carbons (Fsp3) is 0.615. The standard InChI is InChI=1S/C13H20N2O/c1-11(12-14-8-9-15(12)2)10-13(16)6-4-3-5-7-13/h8-9,16H,1,3-7,10H2,2H3. The number of aryl methyl sites for hydroxylation is 1. The van der Waals surface area contributed by atoms with Gasteiger partial charge in [-0.1, -0.05) is 25.8 Å². The molecule has 0 unspecified atom stereocenters. The third-order valence-electron chi connectivity index (χ3n) is 3.46. The molecule has 3 heteroatoms. The summed E-state index contributed by atoms with van der Waals surface area (Å²) in [6, 6.07) is 0. The number of rotatable bonds is 3. The number of nitrogens with zero attached hydrogens (tertiary/aromatic N) is 2. The van der Waals surface area contributed by atoms with E-state index in [4.69, 9.17) is 0 Å². The summed E-state index contributed by atoms with van der Waals surface area (Å²) in [6.45, 7) is 4.05. The summed E-state index contributed by atoms with van der Waals surface area (Å²) in [7, 11) is 1.96. The Bertz CT molecular complexity index is 375. The first-order valence-corrected chi connectivity index (χ1v) is 5.99. The van der Waals surface area contributed by atoms with Crippen molar-refractivity contribution in [2.45, 2.75) is 44.1 Å². The maximum Gasteiger partial charge on any atom is 0.135 e. The van der Waals surface area contributed by atoms with Gasteiger partial charge < -0.3 is 9.67 Å². The van der Waals surface area contributed by atoms with Crippen molar-refractivity contribution >= 4 is 5.57 Å². The second-order valence-corrected chi connectivity index (χ2v) is 4.93. The quantitative estimate of drug-likeness (QED) is 0.850. The van der Waals surface area contributed by atoms with Crippen LogP contribution in [0.4, 0.5) is 0 Å². The zero-order valence-corrected chi connectivity index (χ0v) is 9.95. The highest BCUT2D eigenvalue weighted by atomic mass is 16.3. The molecule has 1 aromatic rings. The van der Waals surface area contributed by atoms with Crippen LogP contribution in [-0.4, -0.2) is 20.3 Å². The number of aromatic nitrogens is 2. The maximum atomic E-state index is 10.4. The van der Waals surface area contributed by atoms with Crippen molar-refractivity contribution in [2.75, 3.05) is 0 Å². The summed E-state index contributed by atoms with van der Waals surface area (Å²) in [4.78, 5) is 4.26. The molecule has 0 aliphatic heterocycles. The minimum absolute atomic E-state index is 0.540. The van der Waals surface area contributed by atoms with Gasteiger partial charge in [0.1, 0.15) is 5.82 Å². The first-order chi connectivity index (χ1) is 7.61. The van der Waals surface area contributed by atoms with Crippen LogP contribution in [0.2, 0.25) is 0 Å². The van der Waals surface area contributed by atoms with Crippen LogP contribution in [0.25, 0.3) is 5.57 Å². The van der Waals surface area contributed by atoms with E-state index in [1.807, 2.05) is 17.8 Å². The monoisotopic (exact) mass is 220 g/mol. The van der Waals surface area contributed by atoms with Gasteiger partial charge in [0, 0.05) is 25.9 Å². The SMILES string of the molecule is C=C(CC1(O)CCCCC1)c1nccn1C. The molecule has 1 N–H and O–H groups in total. The van der Waals surface area contributed by atoms with E-state index < -0.39 is 5.60 Å². The van der Waals surface area contributed by atoms with E-state index in [1.165, 1.54) is 6.42 Å². The minimum atomic E-state index is -0.540. The van der Waals surface area contributed by atoms with Gasteiger partial charge in [-0.3, -0.25) is 0 Å². The zero-order valence-electron chi connectivity index (χ0n) is 9.95. The minimum Gasteiger partial charge on any atom is -0.390 e. The van der Waals surface area contributed by atoms with E-state index in [2.05, 4.69) is 11.6 Å². The lowest BCUT2D eigenvalue weighted by Gasteiger charge is -2.32. The lowest BCUT2D eigenvalue weighted by molar-refractivity contribution is 0.00900. The molecule has 1 fully saturated rings. The Balaban J connectivity index is 2.04. The number of hydrogen-bond acceptors (Lipinski definition) is 2. The lowest BCUT2D eigenvalue weighted by atomic mass is 9.80. The number of aliphatic hydroxyl groups is 1. The van der Waals surface area contributed by atoms with Crippen molar-refractivity contribution in [2.24, 2.45) is 7.05 Å². The number of imidazole rings is 1. The molecule has 0 aromatic carbocycles. The Morgan fingerprint density at radius 3 is 2.75 bits per heavy atom. The van der Waals surface area contributed by atoms with E-state index in [1.54, 1.807) is 6.20 Å². The fourth-order valence-corrected chi connectivity index (χ4v) is 2.57. The van der Waals surface area contributed by atoms with Crippen molar-refractivity contribution in [1.29, 1.82) is 0 Å². The predicted octanol–water partition coefficient (Wildman–Crippen LogP) is 2.52. The summed E-state index contributed by atoms with van der Waals surface area (Å²) < 4.78 is 1.95. The van der Waals surface area contributed by atoms with Crippen LogP contribution in [-0.2, 0) is 7.05 Å². The van der Waals surface area contributed by atoms with Gasteiger partial charge in [0.05, 0.1) is 5.60 Å². The Hall–Kier alpha value is -1.09. The summed E-state index contributed by atoms with van der Waals surface area (Å²) >= 11 is 0. The second kappa shape index (κ2) is 4.42. The molecule has 1 aliphatic carbocycles. The molecule has 2 rings (SSSR count). The molecule has 0 spiro atoms. The third-order valence-corrected chi connectivity index (χ3v) is 3.46. The van der Waals surface area contributed by atoms with E-state index in [-0.39, 0.29) is 0 Å². The van der Waals surface area contributed by atoms with E-state index in [0.717, 1.165) is 37.1 Å². The highest BCUT2D eigenvalue weighted by Crippen LogP contribution is 2.34. The van der Waals surface area contributed by atoms with Gasteiger partial charge in [0.2, 0.25) is 0 Å². The molecule has 1 aromatic heterocycles. The van der Waals surface area contributed by atoms with Gasteiger partial charge >= 0.3 is 0 Å². The third kappa shape index (κ3) is 2.35. The smallest absolute Gasteiger partial charge is 0.135 e. The van der Waals surface area contributed by atoms with Gasteiger partial charge in [-0.2, -0.15) is 0 Å². The van der Waals surface area contributed by atoms with E-state index in [0.29, 0.717) is 6.42 Å². The van der Waals surface area contributed by atoms with Crippen LogP contribution >= 0.6 is 0 Å². The first-order valence-electron chi connectivity index (χ1n) is 5.99. The molecular weight excluding hydrogens is 200 g/mol. The molecule has 0 atom stereocenters. The van der Waals surface area contributed by atoms with Gasteiger partial charge in [-0.05, 0) is 18.4 Å². The van der Waals surface area contributed by atoms with Crippen molar-refractivity contribution in [3.05, 3.63) is 24.8 Å². The molecule has 1 saturated carbocycles. The average Bonchev–Trinajstić information content (AvgIpc) is 2.65. The number of hydrogen-bond donors (Lipinski definition) is 1. The molecule has 3 nitrogen and oxygen atoms in total. The molecule has 1 aliphatic rings. The van der Waals surface area contributed by atoms with Crippen LogP contribution in [0.15, 0.2) is 19.0 Å². The van der Waals surface area contributed by atoms with Crippen LogP contribution in [0.5, 0.6) is 0 Å². The Kier molecular flexibility index (Phi) is 3.15. The highest BCUT2D eigenvalue weighted by Gasteiger charge is 2.30. The summed E-state index contributed by atoms with van der Waals surface area (Å²) in [5.74, 6) is 0.888. The molecule has 88 valence electrons. The average molecular weight is 220 g/mol. The van der Waals surface area contributed by atoms with Crippen LogP contribution in [0.1, 0.15) is 44.3 Å². The van der Waals surface area contributed by atoms with Gasteiger partial charge in [-0.15, -0.1) is 0 Å². The molecule has 0 amide bonds. The zero-order chi connectivity index (χ0) is 11.6. The second-order valence-electron chi connectivity index (χ2n) is 4.93. The summed E-state index contributed by atoms with van der Waals surface area (Å²) in [5.41, 5.74) is 0.401. The molecule has 16 heavy (non-hydrogen) atoms. The lowest BCUT2D eigenvalue weighted by Crippen LogP contribution is -2.31. The molecule has 0 radical (unpaired) electrons. The van der Waals surface area contributed by atoms with Crippen molar-refractivity contribution in [3.63, 3.8) is 0 Å². The fourth-order valence-electron chi connectivity index (χ4n) is 2.57. The molecular formula is C13H20N2O. The topological polar surface area (TPSA) is 38.1 Å². The summed E-state index contributed by atoms with van der Waals surface area (Å²) in [6.07, 6.45) is 9.63. The van der Waals surface area contributed by atoms with Crippen LogP contribution in [0, 0.1) is 0 Å². The van der Waals surface area contributed by atoms with E-state index >= 15 is 0 Å². The van der Waals surface area contributed by atoms with Gasteiger partial charge in [-0.25, -0.2) is 4.98 Å². The van der Waals surface area contributed by atoms with Crippen LogP contribution < -0.4 is 0 Å². The molecule has 0 saturated heterocycles.